The number of carboxylic acids is 3. The SMILES string of the molecule is O=C(O)C1=C/C(=C/C=N[C@@H](Cc2ccc(O)cc2)C(=O)O)C[C@@H](C(=O)O)N1. The van der Waals surface area contributed by atoms with Crippen LogP contribution in [0, 0.1) is 0 Å². The van der Waals surface area contributed by atoms with Crippen molar-refractivity contribution >= 4 is 24.1 Å². The van der Waals surface area contributed by atoms with Gasteiger partial charge in [-0.2, -0.15) is 0 Å². The van der Waals surface area contributed by atoms with E-state index in [1.54, 1.807) is 12.1 Å². The van der Waals surface area contributed by atoms with Gasteiger partial charge in [-0.1, -0.05) is 12.1 Å². The van der Waals surface area contributed by atoms with Crippen LogP contribution in [0.15, 0.2) is 52.7 Å². The minimum absolute atomic E-state index is 0.0355. The van der Waals surface area contributed by atoms with Gasteiger partial charge < -0.3 is 25.7 Å². The number of rotatable bonds is 7. The Labute approximate surface area is 154 Å². The number of phenols is 1. The van der Waals surface area contributed by atoms with Gasteiger partial charge in [-0.05, 0) is 35.4 Å². The third kappa shape index (κ3) is 5.70. The second-order valence-electron chi connectivity index (χ2n) is 5.87. The highest BCUT2D eigenvalue weighted by Crippen LogP contribution is 2.17. The lowest BCUT2D eigenvalue weighted by atomic mass is 10.00. The molecule has 1 aliphatic rings. The maximum absolute atomic E-state index is 11.4. The van der Waals surface area contributed by atoms with E-state index in [1.165, 1.54) is 30.5 Å². The zero-order valence-electron chi connectivity index (χ0n) is 14.1. The molecule has 9 nitrogen and oxygen atoms in total. The molecular weight excluding hydrogens is 356 g/mol. The molecule has 0 radical (unpaired) electrons. The number of aromatic hydroxyl groups is 1. The number of benzene rings is 1. The summed E-state index contributed by atoms with van der Waals surface area (Å²) in [5, 5.41) is 39.1. The summed E-state index contributed by atoms with van der Waals surface area (Å²) in [5.74, 6) is -3.56. The number of hydrogen-bond acceptors (Lipinski definition) is 6. The summed E-state index contributed by atoms with van der Waals surface area (Å²) in [4.78, 5) is 37.6. The number of hydrogen-bond donors (Lipinski definition) is 5. The van der Waals surface area contributed by atoms with Gasteiger partial charge in [0.2, 0.25) is 0 Å². The zero-order valence-corrected chi connectivity index (χ0v) is 14.1. The van der Waals surface area contributed by atoms with E-state index in [4.69, 9.17) is 10.2 Å². The third-order valence-electron chi connectivity index (χ3n) is 3.83. The Kier molecular flexibility index (Phi) is 6.32. The second kappa shape index (κ2) is 8.65. The highest BCUT2D eigenvalue weighted by atomic mass is 16.4. The molecule has 0 unspecified atom stereocenters. The monoisotopic (exact) mass is 374 g/mol. The lowest BCUT2D eigenvalue weighted by molar-refractivity contribution is -0.140. The van der Waals surface area contributed by atoms with Crippen LogP contribution in [0.3, 0.4) is 0 Å². The van der Waals surface area contributed by atoms with Crippen molar-refractivity contribution in [3.05, 3.63) is 53.3 Å². The molecular formula is C18H18N2O7. The Morgan fingerprint density at radius 1 is 1.19 bits per heavy atom. The third-order valence-corrected chi connectivity index (χ3v) is 3.83. The summed E-state index contributed by atoms with van der Waals surface area (Å²) in [5.41, 5.74) is 0.814. The van der Waals surface area contributed by atoms with Crippen LogP contribution < -0.4 is 5.32 Å². The molecule has 1 aliphatic heterocycles. The van der Waals surface area contributed by atoms with Crippen molar-refractivity contribution in [3.8, 4) is 5.75 Å². The van der Waals surface area contributed by atoms with Gasteiger partial charge in [0, 0.05) is 19.1 Å². The van der Waals surface area contributed by atoms with Crippen LogP contribution in [0.1, 0.15) is 12.0 Å². The minimum Gasteiger partial charge on any atom is -0.508 e. The van der Waals surface area contributed by atoms with Gasteiger partial charge in [0.15, 0.2) is 6.04 Å². The van der Waals surface area contributed by atoms with Crippen LogP contribution in [0.2, 0.25) is 0 Å². The van der Waals surface area contributed by atoms with Crippen LogP contribution >= 0.6 is 0 Å². The normalized spacial score (nSPS) is 19.3. The second-order valence-corrected chi connectivity index (χ2v) is 5.87. The first-order valence-corrected chi connectivity index (χ1v) is 7.93. The summed E-state index contributed by atoms with van der Waals surface area (Å²) in [6.07, 6.45) is 4.05. The molecule has 0 aromatic heterocycles. The summed E-state index contributed by atoms with van der Waals surface area (Å²) >= 11 is 0. The van der Waals surface area contributed by atoms with Gasteiger partial charge in [-0.3, -0.25) is 4.99 Å². The highest BCUT2D eigenvalue weighted by Gasteiger charge is 2.26. The molecule has 0 bridgehead atoms. The van der Waals surface area contributed by atoms with Gasteiger partial charge in [0.25, 0.3) is 0 Å². The summed E-state index contributed by atoms with van der Waals surface area (Å²) in [6, 6.07) is 3.90. The van der Waals surface area contributed by atoms with E-state index < -0.39 is 30.0 Å². The average Bonchev–Trinajstić information content (AvgIpc) is 2.62. The quantitative estimate of drug-likeness (QED) is 0.439. The first kappa shape index (κ1) is 19.7. The van der Waals surface area contributed by atoms with Crippen LogP contribution in [0.25, 0.3) is 0 Å². The van der Waals surface area contributed by atoms with E-state index in [1.807, 2.05) is 0 Å². The van der Waals surface area contributed by atoms with Gasteiger partial charge in [-0.15, -0.1) is 0 Å². The molecule has 0 spiro atoms. The Morgan fingerprint density at radius 3 is 2.41 bits per heavy atom. The molecule has 2 rings (SSSR count). The summed E-state index contributed by atoms with van der Waals surface area (Å²) in [6.45, 7) is 0. The standard InChI is InChI=1S/C18H18N2O7/c21-12-3-1-10(2-4-12)7-13(16(22)23)19-6-5-11-8-14(17(24)25)20-15(9-11)18(26)27/h1-6,8,13,15,20-21H,7,9H2,(H,22,23)(H,24,25)(H,26,27)/b11-5-,19-6?/t13-,15-/m0/s1. The fraction of sp³-hybridized carbons (Fsp3) is 0.222. The topological polar surface area (TPSA) is 157 Å². The lowest BCUT2D eigenvalue weighted by Crippen LogP contribution is -2.41. The number of nitrogens with one attached hydrogen (secondary N) is 1. The van der Waals surface area contributed by atoms with Gasteiger partial charge in [0.05, 0.1) is 0 Å². The average molecular weight is 374 g/mol. The number of allylic oxidation sites excluding steroid dienone is 2. The van der Waals surface area contributed by atoms with Crippen molar-refractivity contribution in [2.75, 3.05) is 0 Å². The minimum atomic E-state index is -1.29. The van der Waals surface area contributed by atoms with Gasteiger partial charge in [0.1, 0.15) is 17.5 Å². The number of phenolic OH excluding ortho intramolecular Hbond substituents is 1. The summed E-state index contributed by atoms with van der Waals surface area (Å²) in [7, 11) is 0. The predicted octanol–water partition coefficient (Wildman–Crippen LogP) is 0.800. The van der Waals surface area contributed by atoms with Gasteiger partial charge in [-0.25, -0.2) is 14.4 Å². The van der Waals surface area contributed by atoms with Crippen LogP contribution in [0.4, 0.5) is 0 Å². The predicted molar refractivity (Wildman–Crippen MR) is 94.7 cm³/mol. The number of carbonyl (C=O) groups is 3. The van der Waals surface area contributed by atoms with E-state index in [2.05, 4.69) is 10.3 Å². The Hall–Kier alpha value is -3.62. The van der Waals surface area contributed by atoms with E-state index in [9.17, 15) is 24.6 Å². The first-order valence-electron chi connectivity index (χ1n) is 7.93. The Morgan fingerprint density at radius 2 is 1.85 bits per heavy atom. The maximum Gasteiger partial charge on any atom is 0.351 e. The van der Waals surface area contributed by atoms with Crippen molar-refractivity contribution in [1.82, 2.24) is 5.32 Å². The van der Waals surface area contributed by atoms with Crippen LogP contribution in [-0.4, -0.2) is 56.6 Å². The molecule has 27 heavy (non-hydrogen) atoms. The largest absolute Gasteiger partial charge is 0.508 e. The Balaban J connectivity index is 2.15. The van der Waals surface area contributed by atoms with Crippen molar-refractivity contribution in [3.63, 3.8) is 0 Å². The molecule has 0 saturated heterocycles. The molecule has 0 aliphatic carbocycles. The molecule has 0 saturated carbocycles. The number of nitrogens with zero attached hydrogens (tertiary/aromatic N) is 1. The number of carboxylic acid groups (broad SMARTS) is 3. The molecule has 0 fully saturated rings. The lowest BCUT2D eigenvalue weighted by Gasteiger charge is -2.21. The van der Waals surface area contributed by atoms with Crippen molar-refractivity contribution in [2.45, 2.75) is 24.9 Å². The molecule has 142 valence electrons. The van der Waals surface area contributed by atoms with E-state index >= 15 is 0 Å². The zero-order chi connectivity index (χ0) is 20.0. The molecule has 1 aromatic rings. The van der Waals surface area contributed by atoms with Crippen LogP contribution in [-0.2, 0) is 20.8 Å². The fourth-order valence-electron chi connectivity index (χ4n) is 2.45. The van der Waals surface area contributed by atoms with E-state index in [-0.39, 0.29) is 24.3 Å². The number of aliphatic carboxylic acids is 3. The van der Waals surface area contributed by atoms with Crippen molar-refractivity contribution < 1.29 is 34.8 Å². The molecule has 0 amide bonds. The van der Waals surface area contributed by atoms with Gasteiger partial charge >= 0.3 is 17.9 Å². The molecule has 1 heterocycles. The smallest absolute Gasteiger partial charge is 0.351 e. The highest BCUT2D eigenvalue weighted by molar-refractivity contribution is 5.90. The molecule has 5 N–H and O–H groups in total. The summed E-state index contributed by atoms with van der Waals surface area (Å²) < 4.78 is 0. The number of aliphatic imine (C=N–C) groups is 1. The maximum atomic E-state index is 11.4. The Bertz CT molecular complexity index is 825. The fourth-order valence-corrected chi connectivity index (χ4v) is 2.45. The van der Waals surface area contributed by atoms with E-state index in [0.29, 0.717) is 11.1 Å². The molecule has 9 heteroatoms. The van der Waals surface area contributed by atoms with E-state index in [0.717, 1.165) is 0 Å². The van der Waals surface area contributed by atoms with Crippen molar-refractivity contribution in [2.24, 2.45) is 4.99 Å². The first-order chi connectivity index (χ1) is 12.8. The molecule has 1 aromatic carbocycles. The molecule has 2 atom stereocenters. The van der Waals surface area contributed by atoms with Crippen molar-refractivity contribution in [1.29, 1.82) is 0 Å². The van der Waals surface area contributed by atoms with Crippen LogP contribution in [0.5, 0.6) is 5.75 Å².